The van der Waals surface area contributed by atoms with Gasteiger partial charge in [0.2, 0.25) is 5.91 Å². The fourth-order valence-corrected chi connectivity index (χ4v) is 2.91. The minimum Gasteiger partial charge on any atom is -0.341 e. The van der Waals surface area contributed by atoms with Gasteiger partial charge in [-0.15, -0.1) is 0 Å². The number of carbonyl (C=O) groups excluding carboxylic acids is 2. The van der Waals surface area contributed by atoms with Gasteiger partial charge in [-0.05, 0) is 18.1 Å². The zero-order valence-corrected chi connectivity index (χ0v) is 13.0. The summed E-state index contributed by atoms with van der Waals surface area (Å²) in [5.74, 6) is -0.200. The average molecular weight is 315 g/mol. The molecule has 0 aromatic heterocycles. The molecule has 0 radical (unpaired) electrons. The average Bonchev–Trinajstić information content (AvgIpc) is 2.59. The fraction of sp³-hybridized carbons (Fsp3) is 0.429. The molecule has 1 aliphatic heterocycles. The van der Waals surface area contributed by atoms with Crippen LogP contribution in [0.4, 0.5) is 5.69 Å². The van der Waals surface area contributed by atoms with Gasteiger partial charge in [0, 0.05) is 24.1 Å². The van der Waals surface area contributed by atoms with E-state index in [0.29, 0.717) is 27.8 Å². The first-order valence-corrected chi connectivity index (χ1v) is 7.15. The molecule has 0 saturated carbocycles. The Bertz CT molecular complexity index is 573. The fourth-order valence-electron chi connectivity index (χ4n) is 2.38. The van der Waals surface area contributed by atoms with Gasteiger partial charge in [-0.25, -0.2) is 0 Å². The predicted octanol–water partition coefficient (Wildman–Crippen LogP) is 3.17. The highest BCUT2D eigenvalue weighted by Gasteiger charge is 2.41. The Morgan fingerprint density at radius 1 is 1.35 bits per heavy atom. The SMILES string of the molecule is CC(=O)NC1C(=O)N(CC(C)C)c2c(Cl)ccc(Cl)c21. The molecule has 108 valence electrons. The maximum Gasteiger partial charge on any atom is 0.254 e. The molecule has 1 unspecified atom stereocenters. The minimum atomic E-state index is -0.757. The highest BCUT2D eigenvalue weighted by atomic mass is 35.5. The van der Waals surface area contributed by atoms with Crippen LogP contribution in [0.25, 0.3) is 0 Å². The number of anilines is 1. The van der Waals surface area contributed by atoms with Gasteiger partial charge in [-0.3, -0.25) is 9.59 Å². The summed E-state index contributed by atoms with van der Waals surface area (Å²) in [6, 6.07) is 2.55. The van der Waals surface area contributed by atoms with Gasteiger partial charge >= 0.3 is 0 Å². The molecule has 0 fully saturated rings. The number of halogens is 2. The van der Waals surface area contributed by atoms with E-state index in [1.807, 2.05) is 13.8 Å². The standard InChI is InChI=1S/C14H16Cl2N2O2/c1-7(2)6-18-13-10(16)5-4-9(15)11(13)12(14(18)20)17-8(3)19/h4-5,7,12H,6H2,1-3H3,(H,17,19). The Morgan fingerprint density at radius 3 is 2.50 bits per heavy atom. The maximum absolute atomic E-state index is 12.5. The molecule has 1 aliphatic rings. The zero-order chi connectivity index (χ0) is 15.0. The molecule has 1 atom stereocenters. The molecule has 1 heterocycles. The lowest BCUT2D eigenvalue weighted by molar-refractivity contribution is -0.126. The monoisotopic (exact) mass is 314 g/mol. The molecule has 20 heavy (non-hydrogen) atoms. The van der Waals surface area contributed by atoms with Gasteiger partial charge in [-0.2, -0.15) is 0 Å². The van der Waals surface area contributed by atoms with E-state index >= 15 is 0 Å². The summed E-state index contributed by atoms with van der Waals surface area (Å²) in [6.45, 7) is 5.92. The Balaban J connectivity index is 2.55. The van der Waals surface area contributed by atoms with Gasteiger partial charge in [0.15, 0.2) is 0 Å². The third-order valence-electron chi connectivity index (χ3n) is 3.08. The Morgan fingerprint density at radius 2 is 1.95 bits per heavy atom. The van der Waals surface area contributed by atoms with Crippen molar-refractivity contribution in [1.29, 1.82) is 0 Å². The smallest absolute Gasteiger partial charge is 0.254 e. The Labute approximate surface area is 128 Å². The van der Waals surface area contributed by atoms with Gasteiger partial charge in [0.25, 0.3) is 5.91 Å². The summed E-state index contributed by atoms with van der Waals surface area (Å²) in [5, 5.41) is 3.54. The Hall–Kier alpha value is -1.26. The van der Waals surface area contributed by atoms with Crippen molar-refractivity contribution in [3.63, 3.8) is 0 Å². The number of nitrogens with one attached hydrogen (secondary N) is 1. The quantitative estimate of drug-likeness (QED) is 0.931. The van der Waals surface area contributed by atoms with Crippen LogP contribution in [0.15, 0.2) is 12.1 Å². The predicted molar refractivity (Wildman–Crippen MR) is 80.2 cm³/mol. The van der Waals surface area contributed by atoms with Crippen molar-refractivity contribution in [2.24, 2.45) is 5.92 Å². The van der Waals surface area contributed by atoms with Crippen LogP contribution in [0.2, 0.25) is 10.0 Å². The van der Waals surface area contributed by atoms with Crippen LogP contribution >= 0.6 is 23.2 Å². The lowest BCUT2D eigenvalue weighted by Gasteiger charge is -2.21. The van der Waals surface area contributed by atoms with Crippen molar-refractivity contribution in [3.05, 3.63) is 27.7 Å². The van der Waals surface area contributed by atoms with E-state index in [1.165, 1.54) is 6.92 Å². The largest absolute Gasteiger partial charge is 0.341 e. The second-order valence-corrected chi connectivity index (χ2v) is 6.08. The zero-order valence-electron chi connectivity index (χ0n) is 11.5. The number of rotatable bonds is 3. The van der Waals surface area contributed by atoms with E-state index in [1.54, 1.807) is 17.0 Å². The molecule has 0 bridgehead atoms. The molecule has 2 rings (SSSR count). The molecule has 4 nitrogen and oxygen atoms in total. The topological polar surface area (TPSA) is 49.4 Å². The molecule has 2 amide bonds. The van der Waals surface area contributed by atoms with Gasteiger partial charge < -0.3 is 10.2 Å². The number of benzene rings is 1. The first-order valence-electron chi connectivity index (χ1n) is 6.39. The van der Waals surface area contributed by atoms with Crippen LogP contribution in [-0.4, -0.2) is 18.4 Å². The number of carbonyl (C=O) groups is 2. The van der Waals surface area contributed by atoms with E-state index in [2.05, 4.69) is 5.32 Å². The van der Waals surface area contributed by atoms with Crippen LogP contribution in [0.1, 0.15) is 32.4 Å². The molecule has 1 aromatic carbocycles. The molecular formula is C14H16Cl2N2O2. The highest BCUT2D eigenvalue weighted by Crippen LogP contribution is 2.45. The van der Waals surface area contributed by atoms with Gasteiger partial charge in [-0.1, -0.05) is 37.0 Å². The van der Waals surface area contributed by atoms with Crippen molar-refractivity contribution >= 4 is 40.7 Å². The van der Waals surface area contributed by atoms with Gasteiger partial charge in [0.05, 0.1) is 10.7 Å². The third-order valence-corrected chi connectivity index (χ3v) is 3.72. The summed E-state index contributed by atoms with van der Waals surface area (Å²) in [5.41, 5.74) is 1.19. The number of fused-ring (bicyclic) bond motifs is 1. The lowest BCUT2D eigenvalue weighted by atomic mass is 10.1. The summed E-state index contributed by atoms with van der Waals surface area (Å²) in [4.78, 5) is 25.5. The number of hydrogen-bond acceptors (Lipinski definition) is 2. The summed E-state index contributed by atoms with van der Waals surface area (Å²) < 4.78 is 0. The molecule has 0 spiro atoms. The molecule has 1 aromatic rings. The molecular weight excluding hydrogens is 299 g/mol. The molecule has 0 saturated heterocycles. The molecule has 6 heteroatoms. The van der Waals surface area contributed by atoms with Crippen LogP contribution in [0.3, 0.4) is 0 Å². The Kier molecular flexibility index (Phi) is 4.25. The van der Waals surface area contributed by atoms with E-state index in [-0.39, 0.29) is 17.7 Å². The van der Waals surface area contributed by atoms with Crippen molar-refractivity contribution in [3.8, 4) is 0 Å². The van der Waals surface area contributed by atoms with Crippen molar-refractivity contribution < 1.29 is 9.59 Å². The number of hydrogen-bond donors (Lipinski definition) is 1. The lowest BCUT2D eigenvalue weighted by Crippen LogP contribution is -2.38. The summed E-state index contributed by atoms with van der Waals surface area (Å²) in [7, 11) is 0. The first kappa shape index (κ1) is 15.1. The number of nitrogens with zero attached hydrogens (tertiary/aromatic N) is 1. The van der Waals surface area contributed by atoms with E-state index in [9.17, 15) is 9.59 Å². The van der Waals surface area contributed by atoms with E-state index in [0.717, 1.165) is 0 Å². The molecule has 1 N–H and O–H groups in total. The number of amides is 2. The summed E-state index contributed by atoms with van der Waals surface area (Å²) in [6.07, 6.45) is 0. The van der Waals surface area contributed by atoms with Crippen LogP contribution < -0.4 is 10.2 Å². The van der Waals surface area contributed by atoms with Crippen LogP contribution in [-0.2, 0) is 9.59 Å². The van der Waals surface area contributed by atoms with Crippen LogP contribution in [0.5, 0.6) is 0 Å². The van der Waals surface area contributed by atoms with Crippen molar-refractivity contribution in [2.75, 3.05) is 11.4 Å². The third kappa shape index (κ3) is 2.63. The highest BCUT2D eigenvalue weighted by molar-refractivity contribution is 6.38. The summed E-state index contributed by atoms with van der Waals surface area (Å²) >= 11 is 12.4. The van der Waals surface area contributed by atoms with Crippen LogP contribution in [0, 0.1) is 5.92 Å². The maximum atomic E-state index is 12.5. The van der Waals surface area contributed by atoms with E-state index in [4.69, 9.17) is 23.2 Å². The van der Waals surface area contributed by atoms with Crippen molar-refractivity contribution in [2.45, 2.75) is 26.8 Å². The first-order chi connectivity index (χ1) is 9.32. The molecule has 0 aliphatic carbocycles. The van der Waals surface area contributed by atoms with Crippen molar-refractivity contribution in [1.82, 2.24) is 5.32 Å². The van der Waals surface area contributed by atoms with Gasteiger partial charge in [0.1, 0.15) is 6.04 Å². The second-order valence-electron chi connectivity index (χ2n) is 5.27. The normalized spacial score (nSPS) is 17.6. The second kappa shape index (κ2) is 5.62. The van der Waals surface area contributed by atoms with E-state index < -0.39 is 6.04 Å². The minimum absolute atomic E-state index is 0.195.